The van der Waals surface area contributed by atoms with Gasteiger partial charge in [0.25, 0.3) is 0 Å². The molecule has 3 rings (SSSR count). The molecule has 0 heterocycles. The predicted molar refractivity (Wildman–Crippen MR) is 135 cm³/mol. The van der Waals surface area contributed by atoms with Crippen molar-refractivity contribution in [1.82, 2.24) is 0 Å². The van der Waals surface area contributed by atoms with E-state index in [-0.39, 0.29) is 28.3 Å². The maximum Gasteiger partial charge on any atom is 0.228 e. The largest absolute Gasteiger partial charge is 0.612 e. The molecule has 0 fully saturated rings. The Hall–Kier alpha value is -2.38. The summed E-state index contributed by atoms with van der Waals surface area (Å²) in [5, 5.41) is 3.35. The van der Waals surface area contributed by atoms with Gasteiger partial charge in [-0.1, -0.05) is 49.2 Å². The average molecular weight is 506 g/mol. The van der Waals surface area contributed by atoms with E-state index in [4.69, 9.17) is 32.7 Å². The number of methoxy groups -OCH3 is 1. The van der Waals surface area contributed by atoms with Gasteiger partial charge in [0, 0.05) is 11.3 Å². The fourth-order valence-electron chi connectivity index (χ4n) is 3.26. The molecular formula is C25H25Cl2NO4S. The fourth-order valence-corrected chi connectivity index (χ4v) is 4.35. The van der Waals surface area contributed by atoms with Gasteiger partial charge in [-0.05, 0) is 65.1 Å². The van der Waals surface area contributed by atoms with Gasteiger partial charge in [0.15, 0.2) is 10.6 Å². The molecule has 0 radical (unpaired) electrons. The number of benzene rings is 3. The summed E-state index contributed by atoms with van der Waals surface area (Å²) in [6.45, 7) is 4.14. The van der Waals surface area contributed by atoms with E-state index < -0.39 is 11.2 Å². The molecule has 0 bridgehead atoms. The lowest BCUT2D eigenvalue weighted by molar-refractivity contribution is -0.115. The van der Waals surface area contributed by atoms with E-state index >= 15 is 0 Å². The number of amides is 1. The first kappa shape index (κ1) is 25.2. The zero-order valence-corrected chi connectivity index (χ0v) is 21.1. The molecule has 0 aliphatic heterocycles. The third-order valence-electron chi connectivity index (χ3n) is 4.95. The standard InChI is InChI=1S/C25H25Cl2NO4S/c1-15(2)20-14-18(7-10-23(20)31-3)32-25-21(26)12-17(13-22(25)27)28-24(29)11-16-5-8-19(9-6-16)33(4)30/h5-10,12-15H,11H2,1-4H3,(H,28,29). The van der Waals surface area contributed by atoms with E-state index in [0.29, 0.717) is 22.1 Å². The normalized spacial score (nSPS) is 11.9. The summed E-state index contributed by atoms with van der Waals surface area (Å²) < 4.78 is 22.9. The van der Waals surface area contributed by atoms with Gasteiger partial charge in [-0.3, -0.25) is 4.79 Å². The lowest BCUT2D eigenvalue weighted by Gasteiger charge is -2.16. The number of hydrogen-bond donors (Lipinski definition) is 1. The fraction of sp³-hybridized carbons (Fsp3) is 0.240. The number of nitrogens with one attached hydrogen (secondary N) is 1. The molecule has 0 spiro atoms. The Morgan fingerprint density at radius 2 is 1.70 bits per heavy atom. The Labute approximate surface area is 207 Å². The minimum atomic E-state index is -1.06. The average Bonchev–Trinajstić information content (AvgIpc) is 2.76. The van der Waals surface area contributed by atoms with Gasteiger partial charge in [-0.25, -0.2) is 0 Å². The van der Waals surface area contributed by atoms with Gasteiger partial charge in [0.05, 0.1) is 23.6 Å². The van der Waals surface area contributed by atoms with E-state index in [1.54, 1.807) is 55.8 Å². The van der Waals surface area contributed by atoms with Crippen molar-refractivity contribution in [2.45, 2.75) is 31.1 Å². The molecule has 33 heavy (non-hydrogen) atoms. The number of carbonyl (C=O) groups excluding carboxylic acids is 1. The second kappa shape index (κ2) is 11.2. The first-order chi connectivity index (χ1) is 15.7. The van der Waals surface area contributed by atoms with Gasteiger partial charge in [-0.2, -0.15) is 0 Å². The molecule has 1 amide bonds. The van der Waals surface area contributed by atoms with Crippen LogP contribution in [0.3, 0.4) is 0 Å². The number of carbonyl (C=O) groups is 1. The number of ether oxygens (including phenoxy) is 2. The first-order valence-electron chi connectivity index (χ1n) is 10.2. The van der Waals surface area contributed by atoms with Crippen LogP contribution in [0.25, 0.3) is 0 Å². The molecule has 1 unspecified atom stereocenters. The lowest BCUT2D eigenvalue weighted by atomic mass is 10.0. The van der Waals surface area contributed by atoms with Gasteiger partial charge >= 0.3 is 0 Å². The number of anilines is 1. The highest BCUT2D eigenvalue weighted by Crippen LogP contribution is 2.40. The van der Waals surface area contributed by atoms with E-state index in [1.807, 2.05) is 12.1 Å². The molecule has 174 valence electrons. The molecule has 0 aliphatic carbocycles. The lowest BCUT2D eigenvalue weighted by Crippen LogP contribution is -2.14. The smallest absolute Gasteiger partial charge is 0.228 e. The van der Waals surface area contributed by atoms with E-state index in [2.05, 4.69) is 19.2 Å². The number of halogens is 2. The highest BCUT2D eigenvalue weighted by molar-refractivity contribution is 7.90. The summed E-state index contributed by atoms with van der Waals surface area (Å²) >= 11 is 11.8. The van der Waals surface area contributed by atoms with Gasteiger partial charge in [0.2, 0.25) is 5.91 Å². The van der Waals surface area contributed by atoms with Crippen molar-refractivity contribution in [3.8, 4) is 17.2 Å². The van der Waals surface area contributed by atoms with Gasteiger partial charge in [-0.15, -0.1) is 0 Å². The van der Waals surface area contributed by atoms with Crippen molar-refractivity contribution in [1.29, 1.82) is 0 Å². The monoisotopic (exact) mass is 505 g/mol. The van der Waals surface area contributed by atoms with Crippen molar-refractivity contribution < 1.29 is 18.8 Å². The molecule has 0 saturated heterocycles. The second-order valence-corrected chi connectivity index (χ2v) is 9.95. The van der Waals surface area contributed by atoms with Crippen LogP contribution in [-0.2, 0) is 22.4 Å². The predicted octanol–water partition coefficient (Wildman–Crippen LogP) is 6.84. The van der Waals surface area contributed by atoms with Crippen molar-refractivity contribution in [3.63, 3.8) is 0 Å². The minimum absolute atomic E-state index is 0.161. The quantitative estimate of drug-likeness (QED) is 0.340. The highest BCUT2D eigenvalue weighted by atomic mass is 35.5. The number of hydrogen-bond acceptors (Lipinski definition) is 4. The van der Waals surface area contributed by atoms with Crippen LogP contribution in [-0.4, -0.2) is 23.8 Å². The Bertz CT molecular complexity index is 1110. The molecule has 1 N–H and O–H groups in total. The Kier molecular flexibility index (Phi) is 8.54. The first-order valence-corrected chi connectivity index (χ1v) is 12.6. The maximum atomic E-state index is 12.5. The number of rotatable bonds is 8. The third kappa shape index (κ3) is 6.58. The summed E-state index contributed by atoms with van der Waals surface area (Å²) in [6.07, 6.45) is 1.77. The van der Waals surface area contributed by atoms with Crippen LogP contribution in [0.4, 0.5) is 5.69 Å². The SMILES string of the molecule is COc1ccc(Oc2c(Cl)cc(NC(=O)Cc3ccc([S+](C)[O-])cc3)cc2Cl)cc1C(C)C. The van der Waals surface area contributed by atoms with Crippen LogP contribution in [0.15, 0.2) is 59.5 Å². The summed E-state index contributed by atoms with van der Waals surface area (Å²) in [7, 11) is 1.63. The van der Waals surface area contributed by atoms with Crippen molar-refractivity contribution in [3.05, 3.63) is 75.8 Å². The summed E-state index contributed by atoms with van der Waals surface area (Å²) in [5.74, 6) is 1.69. The Morgan fingerprint density at radius 3 is 2.24 bits per heavy atom. The summed E-state index contributed by atoms with van der Waals surface area (Å²) in [4.78, 5) is 13.2. The van der Waals surface area contributed by atoms with Crippen molar-refractivity contribution in [2.75, 3.05) is 18.7 Å². The zero-order valence-electron chi connectivity index (χ0n) is 18.8. The van der Waals surface area contributed by atoms with Crippen LogP contribution in [0.2, 0.25) is 10.0 Å². The van der Waals surface area contributed by atoms with Crippen LogP contribution >= 0.6 is 23.2 Å². The molecule has 5 nitrogen and oxygen atoms in total. The molecule has 0 aromatic heterocycles. The van der Waals surface area contributed by atoms with Gasteiger partial charge in [0.1, 0.15) is 17.8 Å². The van der Waals surface area contributed by atoms with Crippen LogP contribution in [0.5, 0.6) is 17.2 Å². The van der Waals surface area contributed by atoms with E-state index in [0.717, 1.165) is 16.9 Å². The Balaban J connectivity index is 1.72. The van der Waals surface area contributed by atoms with Crippen LogP contribution in [0, 0.1) is 0 Å². The minimum Gasteiger partial charge on any atom is -0.612 e. The van der Waals surface area contributed by atoms with Crippen molar-refractivity contribution >= 4 is 46.0 Å². The molecule has 3 aromatic rings. The van der Waals surface area contributed by atoms with E-state index in [9.17, 15) is 9.35 Å². The van der Waals surface area contributed by atoms with Crippen LogP contribution < -0.4 is 14.8 Å². The molecule has 0 aliphatic rings. The van der Waals surface area contributed by atoms with Crippen LogP contribution in [0.1, 0.15) is 30.9 Å². The molecular weight excluding hydrogens is 481 g/mol. The molecule has 0 saturated carbocycles. The summed E-state index contributed by atoms with van der Waals surface area (Å²) in [5.41, 5.74) is 2.27. The topological polar surface area (TPSA) is 70.6 Å². The molecule has 8 heteroatoms. The molecule has 3 aromatic carbocycles. The second-order valence-electron chi connectivity index (χ2n) is 7.75. The third-order valence-corrected chi connectivity index (χ3v) is 6.44. The van der Waals surface area contributed by atoms with Gasteiger partial charge < -0.3 is 19.3 Å². The zero-order chi connectivity index (χ0) is 24.1. The van der Waals surface area contributed by atoms with E-state index in [1.165, 1.54) is 0 Å². The maximum absolute atomic E-state index is 12.5. The molecule has 1 atom stereocenters. The highest BCUT2D eigenvalue weighted by Gasteiger charge is 2.15. The van der Waals surface area contributed by atoms with Crippen molar-refractivity contribution in [2.24, 2.45) is 0 Å². The Morgan fingerprint density at radius 1 is 1.06 bits per heavy atom. The summed E-state index contributed by atoms with van der Waals surface area (Å²) in [6, 6.07) is 15.8.